The summed E-state index contributed by atoms with van der Waals surface area (Å²) >= 11 is 1.69. The van der Waals surface area contributed by atoms with Crippen LogP contribution in [0.15, 0.2) is 33.7 Å². The summed E-state index contributed by atoms with van der Waals surface area (Å²) < 4.78 is 5.40. The average molecular weight is 341 g/mol. The van der Waals surface area contributed by atoms with Gasteiger partial charge in [0.15, 0.2) is 5.82 Å². The van der Waals surface area contributed by atoms with Crippen molar-refractivity contribution in [1.29, 1.82) is 0 Å². The molecule has 1 saturated heterocycles. The molecule has 3 heterocycles. The molecule has 2 aromatic rings. The number of hydrogen-bond acceptors (Lipinski definition) is 5. The number of amides is 1. The summed E-state index contributed by atoms with van der Waals surface area (Å²) in [5.41, 5.74) is 1.28. The molecule has 1 aliphatic carbocycles. The van der Waals surface area contributed by atoms with E-state index in [4.69, 9.17) is 4.52 Å². The van der Waals surface area contributed by atoms with Gasteiger partial charge in [0, 0.05) is 17.4 Å². The zero-order valence-electron chi connectivity index (χ0n) is 13.4. The van der Waals surface area contributed by atoms with E-state index in [2.05, 4.69) is 22.3 Å². The van der Waals surface area contributed by atoms with E-state index in [0.29, 0.717) is 11.7 Å². The van der Waals surface area contributed by atoms with Crippen LogP contribution in [0.1, 0.15) is 54.9 Å². The van der Waals surface area contributed by atoms with Crippen LogP contribution in [-0.4, -0.2) is 32.7 Å². The van der Waals surface area contributed by atoms with Gasteiger partial charge in [0.1, 0.15) is 0 Å². The number of nitrogens with zero attached hydrogens (tertiary/aromatic N) is 3. The van der Waals surface area contributed by atoms with Crippen LogP contribution in [0.2, 0.25) is 0 Å². The van der Waals surface area contributed by atoms with Crippen molar-refractivity contribution in [2.75, 3.05) is 6.54 Å². The highest BCUT2D eigenvalue weighted by atomic mass is 32.2. The Bertz CT molecular complexity index is 761. The number of rotatable bonds is 3. The molecular formula is C18H19N3O2S. The summed E-state index contributed by atoms with van der Waals surface area (Å²) in [6.45, 7) is 0.796. The zero-order chi connectivity index (χ0) is 16.1. The number of fused-ring (bicyclic) bond motifs is 1. The summed E-state index contributed by atoms with van der Waals surface area (Å²) in [6, 6.07) is 8.30. The molecule has 6 heteroatoms. The first-order valence-electron chi connectivity index (χ1n) is 8.68. The van der Waals surface area contributed by atoms with Crippen LogP contribution in [0.4, 0.5) is 0 Å². The lowest BCUT2D eigenvalue weighted by molar-refractivity contribution is -0.131. The van der Waals surface area contributed by atoms with E-state index in [1.807, 2.05) is 17.0 Å². The van der Waals surface area contributed by atoms with Crippen LogP contribution in [0.5, 0.6) is 0 Å². The minimum absolute atomic E-state index is 0.0157. The third kappa shape index (κ3) is 2.44. The Morgan fingerprint density at radius 2 is 2.12 bits per heavy atom. The van der Waals surface area contributed by atoms with Crippen LogP contribution < -0.4 is 0 Å². The van der Waals surface area contributed by atoms with Crippen molar-refractivity contribution >= 4 is 17.7 Å². The Morgan fingerprint density at radius 1 is 1.25 bits per heavy atom. The van der Waals surface area contributed by atoms with Gasteiger partial charge in [-0.3, -0.25) is 4.79 Å². The van der Waals surface area contributed by atoms with E-state index >= 15 is 0 Å². The fourth-order valence-corrected chi connectivity index (χ4v) is 4.95. The quantitative estimate of drug-likeness (QED) is 0.857. The predicted molar refractivity (Wildman–Crippen MR) is 89.8 cm³/mol. The van der Waals surface area contributed by atoms with Gasteiger partial charge in [0.05, 0.1) is 11.3 Å². The van der Waals surface area contributed by atoms with Gasteiger partial charge in [-0.2, -0.15) is 4.98 Å². The van der Waals surface area contributed by atoms with Gasteiger partial charge in [0.2, 0.25) is 11.8 Å². The summed E-state index contributed by atoms with van der Waals surface area (Å²) in [7, 11) is 0. The molecular weight excluding hydrogens is 322 g/mol. The fourth-order valence-electron chi connectivity index (χ4n) is 3.68. The van der Waals surface area contributed by atoms with Crippen LogP contribution in [0.25, 0.3) is 0 Å². The maximum atomic E-state index is 13.1. The molecule has 1 saturated carbocycles. The molecule has 5 nitrogen and oxygen atoms in total. The predicted octanol–water partition coefficient (Wildman–Crippen LogP) is 3.33. The largest absolute Gasteiger partial charge is 0.339 e. The van der Waals surface area contributed by atoms with Gasteiger partial charge in [0.25, 0.3) is 0 Å². The number of carbonyl (C=O) groups is 1. The average Bonchev–Trinajstić information content (AvgIpc) is 3.06. The summed E-state index contributed by atoms with van der Waals surface area (Å²) in [4.78, 5) is 20.9. The molecule has 2 aliphatic heterocycles. The standard InChI is InChI=1S/C18H19N3O2S/c22-18(15-10-12-4-1-2-6-14(12)24-15)21-9-3-5-13(21)16-19-17(23-20-16)11-7-8-11/h1-2,4,6,11,13,15H,3,5,7-10H2/t13-,15+/m0/s1. The number of aromatic nitrogens is 2. The summed E-state index contributed by atoms with van der Waals surface area (Å²) in [6.07, 6.45) is 5.05. The second-order valence-corrected chi connectivity index (χ2v) is 8.12. The van der Waals surface area contributed by atoms with E-state index in [1.165, 1.54) is 10.5 Å². The fraction of sp³-hybridized carbons (Fsp3) is 0.500. The molecule has 124 valence electrons. The van der Waals surface area contributed by atoms with Crippen molar-refractivity contribution in [3.63, 3.8) is 0 Å². The molecule has 2 atom stereocenters. The lowest BCUT2D eigenvalue weighted by Crippen LogP contribution is -2.37. The molecule has 2 fully saturated rings. The van der Waals surface area contributed by atoms with Crippen molar-refractivity contribution < 1.29 is 9.32 Å². The first-order valence-corrected chi connectivity index (χ1v) is 9.56. The second kappa shape index (κ2) is 5.62. The molecule has 1 aromatic carbocycles. The van der Waals surface area contributed by atoms with Gasteiger partial charge in [-0.1, -0.05) is 23.4 Å². The third-order valence-corrected chi connectivity index (χ3v) is 6.45. The number of carbonyl (C=O) groups excluding carboxylic acids is 1. The summed E-state index contributed by atoms with van der Waals surface area (Å²) in [5.74, 6) is 2.13. The van der Waals surface area contributed by atoms with Crippen LogP contribution in [0, 0.1) is 0 Å². The molecule has 5 rings (SSSR count). The first kappa shape index (κ1) is 14.5. The maximum Gasteiger partial charge on any atom is 0.237 e. The molecule has 0 bridgehead atoms. The molecule has 0 N–H and O–H groups in total. The maximum absolute atomic E-state index is 13.1. The SMILES string of the molecule is O=C([C@H]1Cc2ccccc2S1)N1CCC[C@H]1c1noc(C2CC2)n1. The normalized spacial score (nSPS) is 25.9. The minimum Gasteiger partial charge on any atom is -0.339 e. The molecule has 0 unspecified atom stereocenters. The Kier molecular flexibility index (Phi) is 3.40. The van der Waals surface area contributed by atoms with E-state index in [0.717, 1.165) is 44.5 Å². The van der Waals surface area contributed by atoms with Crippen molar-refractivity contribution in [2.45, 2.75) is 54.2 Å². The molecule has 24 heavy (non-hydrogen) atoms. The van der Waals surface area contributed by atoms with E-state index in [-0.39, 0.29) is 17.2 Å². The van der Waals surface area contributed by atoms with Crippen LogP contribution in [-0.2, 0) is 11.2 Å². The lowest BCUT2D eigenvalue weighted by atomic mass is 10.1. The monoisotopic (exact) mass is 341 g/mol. The van der Waals surface area contributed by atoms with Crippen LogP contribution in [0.3, 0.4) is 0 Å². The van der Waals surface area contributed by atoms with Gasteiger partial charge in [-0.25, -0.2) is 0 Å². The van der Waals surface area contributed by atoms with Crippen LogP contribution >= 0.6 is 11.8 Å². The van der Waals surface area contributed by atoms with Crippen molar-refractivity contribution in [3.05, 3.63) is 41.5 Å². The molecule has 0 radical (unpaired) electrons. The van der Waals surface area contributed by atoms with E-state index < -0.39 is 0 Å². The minimum atomic E-state index is -0.0159. The highest BCUT2D eigenvalue weighted by molar-refractivity contribution is 8.01. The number of hydrogen-bond donors (Lipinski definition) is 0. The highest BCUT2D eigenvalue weighted by Gasteiger charge is 2.39. The van der Waals surface area contributed by atoms with Gasteiger partial charge in [-0.15, -0.1) is 11.8 Å². The smallest absolute Gasteiger partial charge is 0.237 e. The molecule has 1 aromatic heterocycles. The molecule has 0 spiro atoms. The number of benzene rings is 1. The lowest BCUT2D eigenvalue weighted by Gasteiger charge is -2.24. The van der Waals surface area contributed by atoms with E-state index in [9.17, 15) is 4.79 Å². The Labute approximate surface area is 144 Å². The Morgan fingerprint density at radius 3 is 2.96 bits per heavy atom. The highest BCUT2D eigenvalue weighted by Crippen LogP contribution is 2.42. The van der Waals surface area contributed by atoms with Crippen molar-refractivity contribution in [3.8, 4) is 0 Å². The van der Waals surface area contributed by atoms with Crippen molar-refractivity contribution in [2.24, 2.45) is 0 Å². The Balaban J connectivity index is 1.34. The second-order valence-electron chi connectivity index (χ2n) is 6.87. The third-order valence-electron chi connectivity index (χ3n) is 5.14. The van der Waals surface area contributed by atoms with Gasteiger partial charge < -0.3 is 9.42 Å². The van der Waals surface area contributed by atoms with Crippen molar-refractivity contribution in [1.82, 2.24) is 15.0 Å². The van der Waals surface area contributed by atoms with Gasteiger partial charge in [-0.05, 0) is 43.7 Å². The molecule has 3 aliphatic rings. The molecule has 1 amide bonds. The summed E-state index contributed by atoms with van der Waals surface area (Å²) in [5, 5.41) is 4.16. The first-order chi connectivity index (χ1) is 11.8. The topological polar surface area (TPSA) is 59.2 Å². The van der Waals surface area contributed by atoms with Gasteiger partial charge >= 0.3 is 0 Å². The Hall–Kier alpha value is -1.82. The number of likely N-dealkylation sites (tertiary alicyclic amines) is 1. The number of thioether (sulfide) groups is 1. The zero-order valence-corrected chi connectivity index (χ0v) is 14.2. The van der Waals surface area contributed by atoms with E-state index in [1.54, 1.807) is 11.8 Å².